The Morgan fingerprint density at radius 2 is 1.89 bits per heavy atom. The molecule has 2 saturated heterocycles. The van der Waals surface area contributed by atoms with Crippen molar-refractivity contribution < 1.29 is 14.7 Å². The van der Waals surface area contributed by atoms with Crippen molar-refractivity contribution in [1.82, 2.24) is 4.90 Å². The first-order chi connectivity index (χ1) is 8.52. The molecule has 0 radical (unpaired) electrons. The summed E-state index contributed by atoms with van der Waals surface area (Å²) in [6, 6.07) is 0.0422. The monoisotopic (exact) mass is 254 g/mol. The molecule has 3 atom stereocenters. The molecule has 1 amide bonds. The number of piperidine rings is 1. The number of carbonyl (C=O) groups excluding carboxylic acids is 1. The summed E-state index contributed by atoms with van der Waals surface area (Å²) in [4.78, 5) is 24.9. The first kappa shape index (κ1) is 13.3. The number of amides is 1. The largest absolute Gasteiger partial charge is 0.481 e. The molecule has 5 heteroatoms. The highest BCUT2D eigenvalue weighted by Gasteiger charge is 2.44. The first-order valence-corrected chi connectivity index (χ1v) is 6.82. The second-order valence-corrected chi connectivity index (χ2v) is 5.58. The van der Waals surface area contributed by atoms with Gasteiger partial charge in [-0.3, -0.25) is 9.59 Å². The van der Waals surface area contributed by atoms with E-state index in [1.807, 2.05) is 11.8 Å². The molecule has 102 valence electrons. The van der Waals surface area contributed by atoms with Crippen LogP contribution in [0.2, 0.25) is 0 Å². The maximum atomic E-state index is 12.2. The van der Waals surface area contributed by atoms with Gasteiger partial charge < -0.3 is 15.7 Å². The van der Waals surface area contributed by atoms with Crippen LogP contribution in [0.4, 0.5) is 0 Å². The van der Waals surface area contributed by atoms with Gasteiger partial charge in [0.1, 0.15) is 0 Å². The molecule has 3 unspecified atom stereocenters. The number of hydrogen-bond donors (Lipinski definition) is 2. The van der Waals surface area contributed by atoms with E-state index < -0.39 is 12.0 Å². The van der Waals surface area contributed by atoms with Crippen molar-refractivity contribution in [2.45, 2.75) is 63.6 Å². The lowest BCUT2D eigenvalue weighted by Gasteiger charge is -2.39. The van der Waals surface area contributed by atoms with E-state index in [1.54, 1.807) is 0 Å². The standard InChI is InChI=1S/C13H22N2O3/c1-2-11(14)13(18)15-9-3-4-10(15)6-8(5-9)7-12(16)17/h8-11H,2-7,14H2,1H3,(H,16,17). The van der Waals surface area contributed by atoms with E-state index in [0.29, 0.717) is 6.42 Å². The second kappa shape index (κ2) is 5.26. The molecule has 2 fully saturated rings. The minimum atomic E-state index is -0.732. The molecule has 0 spiro atoms. The highest BCUT2D eigenvalue weighted by molar-refractivity contribution is 5.82. The van der Waals surface area contributed by atoms with E-state index in [9.17, 15) is 9.59 Å². The Morgan fingerprint density at radius 3 is 2.33 bits per heavy atom. The molecule has 5 nitrogen and oxygen atoms in total. The molecule has 0 aromatic rings. The van der Waals surface area contributed by atoms with Gasteiger partial charge in [-0.25, -0.2) is 0 Å². The zero-order valence-corrected chi connectivity index (χ0v) is 10.8. The third-order valence-corrected chi connectivity index (χ3v) is 4.31. The molecule has 2 heterocycles. The van der Waals surface area contributed by atoms with Gasteiger partial charge in [0.2, 0.25) is 5.91 Å². The molecule has 0 aromatic heterocycles. The minimum absolute atomic E-state index is 0.0544. The lowest BCUT2D eigenvalue weighted by Crippen LogP contribution is -2.52. The lowest BCUT2D eigenvalue weighted by atomic mass is 9.87. The average Bonchev–Trinajstić information content (AvgIpc) is 2.58. The fourth-order valence-electron chi connectivity index (χ4n) is 3.43. The van der Waals surface area contributed by atoms with Crippen LogP contribution in [0.25, 0.3) is 0 Å². The van der Waals surface area contributed by atoms with Crippen molar-refractivity contribution in [3.63, 3.8) is 0 Å². The zero-order valence-electron chi connectivity index (χ0n) is 10.8. The summed E-state index contributed by atoms with van der Waals surface area (Å²) in [6.07, 6.45) is 4.55. The number of carbonyl (C=O) groups is 2. The quantitative estimate of drug-likeness (QED) is 0.783. The van der Waals surface area contributed by atoms with Gasteiger partial charge >= 0.3 is 5.97 Å². The molecule has 0 saturated carbocycles. The number of carboxylic acids is 1. The van der Waals surface area contributed by atoms with Crippen molar-refractivity contribution in [2.24, 2.45) is 11.7 Å². The van der Waals surface area contributed by atoms with Crippen molar-refractivity contribution >= 4 is 11.9 Å². The van der Waals surface area contributed by atoms with Crippen LogP contribution in [-0.4, -0.2) is 40.0 Å². The summed E-state index contributed by atoms with van der Waals surface area (Å²) in [5, 5.41) is 8.86. The van der Waals surface area contributed by atoms with Crippen LogP contribution < -0.4 is 5.73 Å². The second-order valence-electron chi connectivity index (χ2n) is 5.58. The fraction of sp³-hybridized carbons (Fsp3) is 0.846. The van der Waals surface area contributed by atoms with Crippen LogP contribution in [0.3, 0.4) is 0 Å². The van der Waals surface area contributed by atoms with Gasteiger partial charge in [-0.15, -0.1) is 0 Å². The Balaban J connectivity index is 2.02. The summed E-state index contributed by atoms with van der Waals surface area (Å²) >= 11 is 0. The smallest absolute Gasteiger partial charge is 0.303 e. The molecule has 0 aliphatic carbocycles. The van der Waals surface area contributed by atoms with Crippen molar-refractivity contribution in [3.05, 3.63) is 0 Å². The predicted molar refractivity (Wildman–Crippen MR) is 66.9 cm³/mol. The van der Waals surface area contributed by atoms with Crippen molar-refractivity contribution in [1.29, 1.82) is 0 Å². The Bertz CT molecular complexity index is 331. The number of fused-ring (bicyclic) bond motifs is 2. The summed E-state index contributed by atoms with van der Waals surface area (Å²) < 4.78 is 0. The normalized spacial score (nSPS) is 32.3. The van der Waals surface area contributed by atoms with Crippen LogP contribution in [0.1, 0.15) is 45.4 Å². The van der Waals surface area contributed by atoms with Crippen molar-refractivity contribution in [2.75, 3.05) is 0 Å². The third kappa shape index (κ3) is 2.51. The van der Waals surface area contributed by atoms with Gasteiger partial charge in [-0.1, -0.05) is 6.92 Å². The molecule has 3 N–H and O–H groups in total. The molecule has 18 heavy (non-hydrogen) atoms. The summed E-state index contributed by atoms with van der Waals surface area (Å²) in [6.45, 7) is 1.92. The van der Waals surface area contributed by atoms with E-state index >= 15 is 0 Å². The summed E-state index contributed by atoms with van der Waals surface area (Å²) in [5.74, 6) is -0.454. The zero-order chi connectivity index (χ0) is 13.3. The van der Waals surface area contributed by atoms with E-state index in [1.165, 1.54) is 0 Å². The maximum absolute atomic E-state index is 12.2. The van der Waals surface area contributed by atoms with Crippen LogP contribution in [0.5, 0.6) is 0 Å². The fourth-order valence-corrected chi connectivity index (χ4v) is 3.43. The van der Waals surface area contributed by atoms with E-state index in [0.717, 1.165) is 25.7 Å². The Hall–Kier alpha value is -1.10. The molecule has 2 bridgehead atoms. The highest BCUT2D eigenvalue weighted by atomic mass is 16.4. The van der Waals surface area contributed by atoms with Gasteiger partial charge in [0.15, 0.2) is 0 Å². The topological polar surface area (TPSA) is 83.6 Å². The number of hydrogen-bond acceptors (Lipinski definition) is 3. The first-order valence-electron chi connectivity index (χ1n) is 6.82. The van der Waals surface area contributed by atoms with E-state index in [-0.39, 0.29) is 30.3 Å². The Labute approximate surface area is 107 Å². The summed E-state index contributed by atoms with van der Waals surface area (Å²) in [5.41, 5.74) is 5.83. The molecule has 2 aliphatic rings. The number of rotatable bonds is 4. The Morgan fingerprint density at radius 1 is 1.33 bits per heavy atom. The highest BCUT2D eigenvalue weighted by Crippen LogP contribution is 2.40. The SMILES string of the molecule is CCC(N)C(=O)N1C2CCC1CC(CC(=O)O)C2. The third-order valence-electron chi connectivity index (χ3n) is 4.31. The lowest BCUT2D eigenvalue weighted by molar-refractivity contribution is -0.140. The van der Waals surface area contributed by atoms with Gasteiger partial charge in [-0.05, 0) is 38.0 Å². The van der Waals surface area contributed by atoms with Crippen LogP contribution in [0, 0.1) is 5.92 Å². The number of aliphatic carboxylic acids is 1. The van der Waals surface area contributed by atoms with Gasteiger partial charge in [-0.2, -0.15) is 0 Å². The van der Waals surface area contributed by atoms with Gasteiger partial charge in [0.05, 0.1) is 6.04 Å². The molecule has 2 rings (SSSR count). The van der Waals surface area contributed by atoms with E-state index in [4.69, 9.17) is 10.8 Å². The van der Waals surface area contributed by atoms with Crippen molar-refractivity contribution in [3.8, 4) is 0 Å². The van der Waals surface area contributed by atoms with Gasteiger partial charge in [0, 0.05) is 18.5 Å². The van der Waals surface area contributed by atoms with E-state index in [2.05, 4.69) is 0 Å². The number of carboxylic acid groups (broad SMARTS) is 1. The average molecular weight is 254 g/mol. The molecular formula is C13H22N2O3. The number of nitrogens with two attached hydrogens (primary N) is 1. The van der Waals surface area contributed by atoms with Crippen LogP contribution >= 0.6 is 0 Å². The van der Waals surface area contributed by atoms with Crippen LogP contribution in [0.15, 0.2) is 0 Å². The minimum Gasteiger partial charge on any atom is -0.481 e. The summed E-state index contributed by atoms with van der Waals surface area (Å²) in [7, 11) is 0. The maximum Gasteiger partial charge on any atom is 0.303 e. The Kier molecular flexibility index (Phi) is 3.90. The van der Waals surface area contributed by atoms with Crippen LogP contribution in [-0.2, 0) is 9.59 Å². The number of nitrogens with zero attached hydrogens (tertiary/aromatic N) is 1. The molecule has 2 aliphatic heterocycles. The van der Waals surface area contributed by atoms with Gasteiger partial charge in [0.25, 0.3) is 0 Å². The molecule has 0 aromatic carbocycles. The molecular weight excluding hydrogens is 232 g/mol. The predicted octanol–water partition coefficient (Wildman–Crippen LogP) is 0.968.